The third kappa shape index (κ3) is 3.00. The summed E-state index contributed by atoms with van der Waals surface area (Å²) in [5.41, 5.74) is 1.33. The van der Waals surface area contributed by atoms with E-state index in [0.717, 1.165) is 18.6 Å². The van der Waals surface area contributed by atoms with E-state index in [9.17, 15) is 4.79 Å². The smallest absolute Gasteiger partial charge is 0.407 e. The van der Waals surface area contributed by atoms with Gasteiger partial charge in [0, 0.05) is 12.0 Å². The molecule has 0 unspecified atom stereocenters. The minimum atomic E-state index is -0.331. The summed E-state index contributed by atoms with van der Waals surface area (Å²) in [4.78, 5) is 11.4. The second-order valence-electron chi connectivity index (χ2n) is 4.94. The van der Waals surface area contributed by atoms with Crippen LogP contribution in [-0.4, -0.2) is 26.4 Å². The highest BCUT2D eigenvalue weighted by Gasteiger charge is 2.38. The first-order chi connectivity index (χ1) is 9.20. The Kier molecular flexibility index (Phi) is 4.30. The van der Waals surface area contributed by atoms with E-state index in [1.807, 2.05) is 19.1 Å². The van der Waals surface area contributed by atoms with Crippen LogP contribution in [0.25, 0.3) is 0 Å². The van der Waals surface area contributed by atoms with Gasteiger partial charge < -0.3 is 14.8 Å². The number of carbonyl (C=O) groups is 1. The summed E-state index contributed by atoms with van der Waals surface area (Å²) in [6, 6.07) is 8.12. The first-order valence-electron chi connectivity index (χ1n) is 6.75. The summed E-state index contributed by atoms with van der Waals surface area (Å²) in [5.74, 6) is 0.858. The molecule has 1 N–H and O–H groups in total. The number of carbonyl (C=O) groups excluding carboxylic acids is 1. The van der Waals surface area contributed by atoms with Gasteiger partial charge in [0.15, 0.2) is 0 Å². The predicted molar refractivity (Wildman–Crippen MR) is 73.5 cm³/mol. The molecule has 0 saturated heterocycles. The molecule has 19 heavy (non-hydrogen) atoms. The van der Waals surface area contributed by atoms with E-state index in [2.05, 4.69) is 17.4 Å². The maximum absolute atomic E-state index is 11.4. The quantitative estimate of drug-likeness (QED) is 0.888. The van der Waals surface area contributed by atoms with Gasteiger partial charge in [-0.25, -0.2) is 4.79 Å². The van der Waals surface area contributed by atoms with E-state index < -0.39 is 0 Å². The Morgan fingerprint density at radius 2 is 2.00 bits per heavy atom. The Balaban J connectivity index is 2.02. The molecule has 4 heteroatoms. The van der Waals surface area contributed by atoms with E-state index in [-0.39, 0.29) is 11.5 Å². The van der Waals surface area contributed by atoms with Crippen molar-refractivity contribution in [1.29, 1.82) is 0 Å². The number of rotatable bonds is 5. The summed E-state index contributed by atoms with van der Waals surface area (Å²) >= 11 is 0. The summed E-state index contributed by atoms with van der Waals surface area (Å²) in [6.45, 7) is 2.85. The fraction of sp³-hybridized carbons (Fsp3) is 0.533. The number of alkyl carbamates (subject to hydrolysis) is 1. The Hall–Kier alpha value is -1.71. The lowest BCUT2D eigenvalue weighted by atomic mass is 9.64. The van der Waals surface area contributed by atoms with Crippen molar-refractivity contribution in [1.82, 2.24) is 5.32 Å². The molecule has 4 nitrogen and oxygen atoms in total. The molecule has 1 aliphatic rings. The van der Waals surface area contributed by atoms with E-state index in [0.29, 0.717) is 13.2 Å². The molecule has 0 atom stereocenters. The molecule has 0 aliphatic heterocycles. The zero-order valence-corrected chi connectivity index (χ0v) is 11.6. The standard InChI is InChI=1S/C15H21NO3/c1-3-19-14(17)16-11-15(9-4-10-15)12-5-7-13(18-2)8-6-12/h5-8H,3-4,9-11H2,1-2H3,(H,16,17). The van der Waals surface area contributed by atoms with E-state index in [4.69, 9.17) is 9.47 Å². The van der Waals surface area contributed by atoms with E-state index in [1.165, 1.54) is 12.0 Å². The molecule has 1 aliphatic carbocycles. The average Bonchev–Trinajstić information content (AvgIpc) is 2.38. The van der Waals surface area contributed by atoms with Crippen molar-refractivity contribution in [3.63, 3.8) is 0 Å². The predicted octanol–water partition coefficient (Wildman–Crippen LogP) is 2.86. The zero-order chi connectivity index (χ0) is 13.7. The van der Waals surface area contributed by atoms with Crippen LogP contribution >= 0.6 is 0 Å². The summed E-state index contributed by atoms with van der Waals surface area (Å²) in [5, 5.41) is 2.86. The number of methoxy groups -OCH3 is 1. The van der Waals surface area contributed by atoms with Crippen LogP contribution in [0.15, 0.2) is 24.3 Å². The maximum atomic E-state index is 11.4. The fourth-order valence-corrected chi connectivity index (χ4v) is 2.54. The number of ether oxygens (including phenoxy) is 2. The highest BCUT2D eigenvalue weighted by Crippen LogP contribution is 2.43. The van der Waals surface area contributed by atoms with Gasteiger partial charge in [-0.05, 0) is 37.5 Å². The van der Waals surface area contributed by atoms with Crippen LogP contribution in [0.3, 0.4) is 0 Å². The van der Waals surface area contributed by atoms with Gasteiger partial charge in [-0.1, -0.05) is 18.6 Å². The second kappa shape index (κ2) is 5.95. The highest BCUT2D eigenvalue weighted by molar-refractivity contribution is 5.67. The molecule has 0 heterocycles. The number of benzene rings is 1. The number of amides is 1. The van der Waals surface area contributed by atoms with Gasteiger partial charge in [0.1, 0.15) is 5.75 Å². The Morgan fingerprint density at radius 3 is 2.47 bits per heavy atom. The number of hydrogen-bond acceptors (Lipinski definition) is 3. The number of hydrogen-bond donors (Lipinski definition) is 1. The van der Waals surface area contributed by atoms with Crippen LogP contribution in [0, 0.1) is 0 Å². The minimum absolute atomic E-state index is 0.0685. The Bertz CT molecular complexity index is 424. The SMILES string of the molecule is CCOC(=O)NCC1(c2ccc(OC)cc2)CCC1. The van der Waals surface area contributed by atoms with Crippen molar-refractivity contribution in [2.75, 3.05) is 20.3 Å². The third-order valence-corrected chi connectivity index (χ3v) is 3.86. The second-order valence-corrected chi connectivity index (χ2v) is 4.94. The average molecular weight is 263 g/mol. The Morgan fingerprint density at radius 1 is 1.32 bits per heavy atom. The van der Waals surface area contributed by atoms with Crippen LogP contribution in [0.2, 0.25) is 0 Å². The van der Waals surface area contributed by atoms with Crippen molar-refractivity contribution in [2.45, 2.75) is 31.6 Å². The summed E-state index contributed by atoms with van der Waals surface area (Å²) in [7, 11) is 1.66. The van der Waals surface area contributed by atoms with Gasteiger partial charge in [-0.15, -0.1) is 0 Å². The van der Waals surface area contributed by atoms with Crippen molar-refractivity contribution in [2.24, 2.45) is 0 Å². The van der Waals surface area contributed by atoms with Crippen molar-refractivity contribution < 1.29 is 14.3 Å². The molecule has 1 aromatic rings. The summed E-state index contributed by atoms with van der Waals surface area (Å²) in [6.07, 6.45) is 3.08. The molecule has 1 aromatic carbocycles. The van der Waals surface area contributed by atoms with E-state index in [1.54, 1.807) is 7.11 Å². The molecular formula is C15H21NO3. The van der Waals surface area contributed by atoms with Gasteiger partial charge in [-0.2, -0.15) is 0 Å². The summed E-state index contributed by atoms with van der Waals surface area (Å²) < 4.78 is 10.1. The normalized spacial score (nSPS) is 16.3. The minimum Gasteiger partial charge on any atom is -0.497 e. The molecule has 0 bridgehead atoms. The van der Waals surface area contributed by atoms with Gasteiger partial charge >= 0.3 is 6.09 Å². The molecule has 0 aromatic heterocycles. The third-order valence-electron chi connectivity index (χ3n) is 3.86. The van der Waals surface area contributed by atoms with E-state index >= 15 is 0 Å². The largest absolute Gasteiger partial charge is 0.497 e. The molecule has 1 fully saturated rings. The highest BCUT2D eigenvalue weighted by atomic mass is 16.5. The van der Waals surface area contributed by atoms with Crippen LogP contribution in [0.1, 0.15) is 31.7 Å². The molecule has 0 radical (unpaired) electrons. The Labute approximate surface area is 114 Å². The van der Waals surface area contributed by atoms with Crippen molar-refractivity contribution in [3.05, 3.63) is 29.8 Å². The first-order valence-corrected chi connectivity index (χ1v) is 6.75. The molecule has 0 spiro atoms. The monoisotopic (exact) mass is 263 g/mol. The zero-order valence-electron chi connectivity index (χ0n) is 11.6. The van der Waals surface area contributed by atoms with Crippen molar-refractivity contribution >= 4 is 6.09 Å². The van der Waals surface area contributed by atoms with Gasteiger partial charge in [0.2, 0.25) is 0 Å². The molecule has 2 rings (SSSR count). The molecule has 1 saturated carbocycles. The van der Waals surface area contributed by atoms with Gasteiger partial charge in [-0.3, -0.25) is 0 Å². The van der Waals surface area contributed by atoms with Crippen LogP contribution in [-0.2, 0) is 10.2 Å². The lowest BCUT2D eigenvalue weighted by molar-refractivity contribution is 0.143. The van der Waals surface area contributed by atoms with Gasteiger partial charge in [0.25, 0.3) is 0 Å². The fourth-order valence-electron chi connectivity index (χ4n) is 2.54. The lowest BCUT2D eigenvalue weighted by Gasteiger charge is -2.42. The van der Waals surface area contributed by atoms with Gasteiger partial charge in [0.05, 0.1) is 13.7 Å². The molecular weight excluding hydrogens is 242 g/mol. The van der Waals surface area contributed by atoms with Crippen LogP contribution in [0.5, 0.6) is 5.75 Å². The maximum Gasteiger partial charge on any atom is 0.407 e. The first kappa shape index (κ1) is 13.7. The lowest BCUT2D eigenvalue weighted by Crippen LogP contribution is -2.45. The molecule has 1 amide bonds. The topological polar surface area (TPSA) is 47.6 Å². The van der Waals surface area contributed by atoms with Crippen molar-refractivity contribution in [3.8, 4) is 5.75 Å². The van der Waals surface area contributed by atoms with Crippen LogP contribution in [0.4, 0.5) is 4.79 Å². The van der Waals surface area contributed by atoms with Crippen LogP contribution < -0.4 is 10.1 Å². The number of nitrogens with one attached hydrogen (secondary N) is 1. The molecule has 104 valence electrons.